The van der Waals surface area contributed by atoms with E-state index in [1.807, 2.05) is 29.1 Å². The zero-order valence-corrected chi connectivity index (χ0v) is 10.6. The summed E-state index contributed by atoms with van der Waals surface area (Å²) < 4.78 is 2.99. The molecular formula is C13H10BrN3. The fourth-order valence-corrected chi connectivity index (χ4v) is 2.15. The fourth-order valence-electron chi connectivity index (χ4n) is 1.80. The van der Waals surface area contributed by atoms with Crippen LogP contribution in [0.3, 0.4) is 0 Å². The highest BCUT2D eigenvalue weighted by Crippen LogP contribution is 2.18. The molecule has 0 unspecified atom stereocenters. The topological polar surface area (TPSA) is 30.7 Å². The molecule has 2 aromatic heterocycles. The Morgan fingerprint density at radius 2 is 2.18 bits per heavy atom. The first kappa shape index (κ1) is 10.5. The van der Waals surface area contributed by atoms with E-state index < -0.39 is 0 Å². The monoisotopic (exact) mass is 287 g/mol. The van der Waals surface area contributed by atoms with Gasteiger partial charge in [-0.2, -0.15) is 5.10 Å². The van der Waals surface area contributed by atoms with Gasteiger partial charge in [0.05, 0.1) is 12.1 Å². The Labute approximate surface area is 107 Å². The molecule has 0 aliphatic rings. The highest BCUT2D eigenvalue weighted by molar-refractivity contribution is 9.10. The van der Waals surface area contributed by atoms with Crippen LogP contribution in [0.1, 0.15) is 5.56 Å². The normalized spacial score (nSPS) is 10.9. The molecule has 0 saturated heterocycles. The molecule has 84 valence electrons. The lowest BCUT2D eigenvalue weighted by Gasteiger charge is -1.99. The van der Waals surface area contributed by atoms with E-state index in [2.05, 4.69) is 44.3 Å². The average Bonchev–Trinajstić information content (AvgIpc) is 2.71. The van der Waals surface area contributed by atoms with Crippen molar-refractivity contribution in [1.82, 2.24) is 14.8 Å². The van der Waals surface area contributed by atoms with Crippen molar-refractivity contribution < 1.29 is 0 Å². The van der Waals surface area contributed by atoms with Gasteiger partial charge < -0.3 is 0 Å². The van der Waals surface area contributed by atoms with Gasteiger partial charge in [-0.3, -0.25) is 9.67 Å². The Morgan fingerprint density at radius 1 is 1.24 bits per heavy atom. The maximum Gasteiger partial charge on any atom is 0.0934 e. The molecule has 0 aliphatic carbocycles. The van der Waals surface area contributed by atoms with Crippen molar-refractivity contribution in [3.05, 3.63) is 59.0 Å². The molecule has 0 fully saturated rings. The average molecular weight is 288 g/mol. The summed E-state index contributed by atoms with van der Waals surface area (Å²) in [4.78, 5) is 4.10. The van der Waals surface area contributed by atoms with E-state index >= 15 is 0 Å². The van der Waals surface area contributed by atoms with E-state index in [4.69, 9.17) is 0 Å². The van der Waals surface area contributed by atoms with Crippen LogP contribution in [-0.2, 0) is 6.54 Å². The molecular weight excluding hydrogens is 278 g/mol. The Hall–Kier alpha value is -1.68. The van der Waals surface area contributed by atoms with Crippen molar-refractivity contribution in [2.75, 3.05) is 0 Å². The largest absolute Gasteiger partial charge is 0.267 e. The number of rotatable bonds is 2. The molecule has 3 nitrogen and oxygen atoms in total. The predicted molar refractivity (Wildman–Crippen MR) is 70.8 cm³/mol. The summed E-state index contributed by atoms with van der Waals surface area (Å²) in [5.41, 5.74) is 2.16. The second-order valence-electron chi connectivity index (χ2n) is 3.89. The first-order valence-corrected chi connectivity index (χ1v) is 6.12. The molecule has 1 aromatic carbocycles. The van der Waals surface area contributed by atoms with E-state index in [-0.39, 0.29) is 0 Å². The van der Waals surface area contributed by atoms with Crippen LogP contribution in [-0.4, -0.2) is 14.8 Å². The lowest BCUT2D eigenvalue weighted by molar-refractivity contribution is 0.693. The molecule has 0 radical (unpaired) electrons. The Morgan fingerprint density at radius 3 is 3.00 bits per heavy atom. The van der Waals surface area contributed by atoms with Crippen LogP contribution in [0.5, 0.6) is 0 Å². The second-order valence-corrected chi connectivity index (χ2v) is 4.81. The van der Waals surface area contributed by atoms with Crippen molar-refractivity contribution in [2.24, 2.45) is 0 Å². The molecule has 4 heteroatoms. The summed E-state index contributed by atoms with van der Waals surface area (Å²) in [6.45, 7) is 0.750. The molecule has 0 saturated carbocycles. The minimum atomic E-state index is 0.750. The molecule has 0 amide bonds. The Kier molecular flexibility index (Phi) is 2.65. The number of aromatic nitrogens is 3. The van der Waals surface area contributed by atoms with Gasteiger partial charge in [0, 0.05) is 28.4 Å². The van der Waals surface area contributed by atoms with Gasteiger partial charge in [0.25, 0.3) is 0 Å². The summed E-state index contributed by atoms with van der Waals surface area (Å²) in [5, 5.41) is 5.68. The standard InChI is InChI=1S/C13H10BrN3/c14-12-4-3-11-9-17(16-13(11)6-12)8-10-2-1-5-15-7-10/h1-7,9H,8H2. The zero-order chi connectivity index (χ0) is 11.7. The summed E-state index contributed by atoms with van der Waals surface area (Å²) in [6, 6.07) is 10.1. The van der Waals surface area contributed by atoms with E-state index in [1.54, 1.807) is 6.20 Å². The van der Waals surface area contributed by atoms with Crippen LogP contribution in [0.2, 0.25) is 0 Å². The number of nitrogens with zero attached hydrogens (tertiary/aromatic N) is 3. The molecule has 0 N–H and O–H groups in total. The van der Waals surface area contributed by atoms with E-state index in [9.17, 15) is 0 Å². The highest BCUT2D eigenvalue weighted by Gasteiger charge is 2.01. The molecule has 0 spiro atoms. The van der Waals surface area contributed by atoms with Gasteiger partial charge >= 0.3 is 0 Å². The fraction of sp³-hybridized carbons (Fsp3) is 0.0769. The predicted octanol–water partition coefficient (Wildman–Crippen LogP) is 3.24. The van der Waals surface area contributed by atoms with Gasteiger partial charge in [0.1, 0.15) is 0 Å². The Bertz CT molecular complexity index is 646. The second kappa shape index (κ2) is 4.30. The van der Waals surface area contributed by atoms with Crippen molar-refractivity contribution in [3.8, 4) is 0 Å². The molecule has 0 aliphatic heterocycles. The van der Waals surface area contributed by atoms with E-state index in [0.717, 1.165) is 27.5 Å². The van der Waals surface area contributed by atoms with Crippen LogP contribution >= 0.6 is 15.9 Å². The van der Waals surface area contributed by atoms with Crippen LogP contribution in [0, 0.1) is 0 Å². The van der Waals surface area contributed by atoms with Crippen molar-refractivity contribution in [1.29, 1.82) is 0 Å². The molecule has 3 rings (SSSR count). The van der Waals surface area contributed by atoms with Crippen molar-refractivity contribution in [2.45, 2.75) is 6.54 Å². The molecule has 0 bridgehead atoms. The third-order valence-electron chi connectivity index (χ3n) is 2.58. The Balaban J connectivity index is 1.96. The summed E-state index contributed by atoms with van der Waals surface area (Å²) in [6.07, 6.45) is 5.69. The van der Waals surface area contributed by atoms with Crippen LogP contribution in [0.4, 0.5) is 0 Å². The lowest BCUT2D eigenvalue weighted by atomic mass is 10.3. The molecule has 2 heterocycles. The third-order valence-corrected chi connectivity index (χ3v) is 3.08. The van der Waals surface area contributed by atoms with Gasteiger partial charge in [-0.05, 0) is 23.8 Å². The van der Waals surface area contributed by atoms with E-state index in [0.29, 0.717) is 0 Å². The zero-order valence-electron chi connectivity index (χ0n) is 9.05. The van der Waals surface area contributed by atoms with Gasteiger partial charge in [0.2, 0.25) is 0 Å². The number of halogens is 1. The lowest BCUT2D eigenvalue weighted by Crippen LogP contribution is -1.99. The maximum atomic E-state index is 4.53. The first-order chi connectivity index (χ1) is 8.31. The third kappa shape index (κ3) is 2.22. The summed E-state index contributed by atoms with van der Waals surface area (Å²) in [5.74, 6) is 0. The maximum absolute atomic E-state index is 4.53. The number of pyridine rings is 1. The van der Waals surface area contributed by atoms with E-state index in [1.165, 1.54) is 0 Å². The van der Waals surface area contributed by atoms with Gasteiger partial charge in [0.15, 0.2) is 0 Å². The van der Waals surface area contributed by atoms with Crippen molar-refractivity contribution >= 4 is 26.8 Å². The summed E-state index contributed by atoms with van der Waals surface area (Å²) in [7, 11) is 0. The quantitative estimate of drug-likeness (QED) is 0.724. The van der Waals surface area contributed by atoms with Gasteiger partial charge in [-0.1, -0.05) is 28.1 Å². The van der Waals surface area contributed by atoms with Gasteiger partial charge in [-0.15, -0.1) is 0 Å². The number of hydrogen-bond acceptors (Lipinski definition) is 2. The van der Waals surface area contributed by atoms with Gasteiger partial charge in [-0.25, -0.2) is 0 Å². The molecule has 17 heavy (non-hydrogen) atoms. The smallest absolute Gasteiger partial charge is 0.0934 e. The minimum absolute atomic E-state index is 0.750. The van der Waals surface area contributed by atoms with Crippen molar-refractivity contribution in [3.63, 3.8) is 0 Å². The first-order valence-electron chi connectivity index (χ1n) is 5.33. The molecule has 3 aromatic rings. The van der Waals surface area contributed by atoms with Crippen LogP contribution < -0.4 is 0 Å². The number of fused-ring (bicyclic) bond motifs is 1. The van der Waals surface area contributed by atoms with Crippen LogP contribution in [0.15, 0.2) is 53.4 Å². The minimum Gasteiger partial charge on any atom is -0.267 e. The number of hydrogen-bond donors (Lipinski definition) is 0. The summed E-state index contributed by atoms with van der Waals surface area (Å²) >= 11 is 3.45. The highest BCUT2D eigenvalue weighted by atomic mass is 79.9. The SMILES string of the molecule is Brc1ccc2cn(Cc3cccnc3)nc2c1. The van der Waals surface area contributed by atoms with Crippen LogP contribution in [0.25, 0.3) is 10.9 Å². The molecule has 0 atom stereocenters. The number of benzene rings is 1.